The fraction of sp³-hybridized carbons (Fsp3) is 0.333. The third-order valence-corrected chi connectivity index (χ3v) is 6.31. The Labute approximate surface area is 204 Å². The van der Waals surface area contributed by atoms with Gasteiger partial charge in [-0.2, -0.15) is 0 Å². The van der Waals surface area contributed by atoms with Gasteiger partial charge < -0.3 is 19.5 Å². The maximum absolute atomic E-state index is 13.7. The van der Waals surface area contributed by atoms with E-state index in [2.05, 4.69) is 11.5 Å². The zero-order valence-electron chi connectivity index (χ0n) is 19.7. The molecule has 4 rings (SSSR count). The van der Waals surface area contributed by atoms with Gasteiger partial charge in [-0.1, -0.05) is 24.8 Å². The third-order valence-electron chi connectivity index (χ3n) is 6.31. The van der Waals surface area contributed by atoms with E-state index in [1.807, 2.05) is 0 Å². The van der Waals surface area contributed by atoms with Crippen molar-refractivity contribution < 1.29 is 28.6 Å². The summed E-state index contributed by atoms with van der Waals surface area (Å²) in [6.45, 7) is 9.31. The number of hydrogen-bond donors (Lipinski definition) is 1. The van der Waals surface area contributed by atoms with Gasteiger partial charge in [0, 0.05) is 31.7 Å². The molecule has 1 atom stereocenters. The molecule has 0 saturated carbocycles. The van der Waals surface area contributed by atoms with Crippen LogP contribution >= 0.6 is 0 Å². The average Bonchev–Trinajstić information content (AvgIpc) is 3.12. The molecule has 35 heavy (non-hydrogen) atoms. The Kier molecular flexibility index (Phi) is 7.63. The second-order valence-corrected chi connectivity index (χ2v) is 8.57. The minimum Gasteiger partial charge on any atom is -0.507 e. The number of benzene rings is 2. The molecule has 2 saturated heterocycles. The smallest absolute Gasteiger partial charge is 0.295 e. The van der Waals surface area contributed by atoms with Crippen LogP contribution in [0.4, 0.5) is 4.39 Å². The summed E-state index contributed by atoms with van der Waals surface area (Å²) in [6.07, 6.45) is 1.63. The Morgan fingerprint density at radius 3 is 2.54 bits per heavy atom. The molecule has 0 unspecified atom stereocenters. The van der Waals surface area contributed by atoms with E-state index < -0.39 is 23.5 Å². The second-order valence-electron chi connectivity index (χ2n) is 8.57. The van der Waals surface area contributed by atoms with Gasteiger partial charge in [0.05, 0.1) is 24.8 Å². The van der Waals surface area contributed by atoms with E-state index in [4.69, 9.17) is 9.47 Å². The minimum absolute atomic E-state index is 0.00792. The fourth-order valence-electron chi connectivity index (χ4n) is 4.47. The predicted octanol–water partition coefficient (Wildman–Crippen LogP) is 3.45. The van der Waals surface area contributed by atoms with Gasteiger partial charge in [0.15, 0.2) is 0 Å². The molecule has 7 nitrogen and oxygen atoms in total. The lowest BCUT2D eigenvalue weighted by molar-refractivity contribution is -0.140. The van der Waals surface area contributed by atoms with Crippen molar-refractivity contribution in [3.05, 3.63) is 83.2 Å². The molecule has 2 aromatic carbocycles. The van der Waals surface area contributed by atoms with Crippen LogP contribution in [-0.4, -0.2) is 72.6 Å². The molecular formula is C27H29FN2O5. The zero-order chi connectivity index (χ0) is 24.9. The number of carbonyl (C=O) groups is 2. The number of rotatable bonds is 8. The predicted molar refractivity (Wildman–Crippen MR) is 130 cm³/mol. The third kappa shape index (κ3) is 5.28. The molecule has 2 fully saturated rings. The van der Waals surface area contributed by atoms with Crippen LogP contribution in [0.25, 0.3) is 5.76 Å². The molecule has 2 heterocycles. The number of aliphatic hydroxyl groups is 1. The lowest BCUT2D eigenvalue weighted by Crippen LogP contribution is -2.42. The Hall–Kier alpha value is -3.49. The van der Waals surface area contributed by atoms with Crippen LogP contribution in [0.15, 0.2) is 60.7 Å². The highest BCUT2D eigenvalue weighted by Gasteiger charge is 2.46. The van der Waals surface area contributed by atoms with Crippen LogP contribution in [0.5, 0.6) is 5.75 Å². The number of morpholine rings is 1. The van der Waals surface area contributed by atoms with E-state index >= 15 is 0 Å². The first kappa shape index (κ1) is 24.6. The van der Waals surface area contributed by atoms with Gasteiger partial charge in [0.2, 0.25) is 0 Å². The number of ether oxygens (including phenoxy) is 2. The molecule has 2 aliphatic rings. The quantitative estimate of drug-likeness (QED) is 0.270. The largest absolute Gasteiger partial charge is 0.507 e. The normalized spacial score (nSPS) is 20.3. The van der Waals surface area contributed by atoms with Crippen LogP contribution in [0.1, 0.15) is 22.7 Å². The Bertz CT molecular complexity index is 1140. The summed E-state index contributed by atoms with van der Waals surface area (Å²) in [6, 6.07) is 9.93. The van der Waals surface area contributed by atoms with Crippen molar-refractivity contribution in [2.45, 2.75) is 13.0 Å². The van der Waals surface area contributed by atoms with E-state index in [0.29, 0.717) is 48.8 Å². The average molecular weight is 481 g/mol. The summed E-state index contributed by atoms with van der Waals surface area (Å²) in [5, 5.41) is 11.3. The molecule has 0 aromatic heterocycles. The number of likely N-dealkylation sites (tertiary alicyclic amines) is 1. The van der Waals surface area contributed by atoms with Gasteiger partial charge in [-0.15, -0.1) is 0 Å². The Balaban J connectivity index is 1.72. The number of carbonyl (C=O) groups excluding carboxylic acids is 2. The van der Waals surface area contributed by atoms with Crippen LogP contribution in [0, 0.1) is 12.7 Å². The van der Waals surface area contributed by atoms with Crippen LogP contribution in [0.3, 0.4) is 0 Å². The van der Waals surface area contributed by atoms with E-state index in [1.165, 1.54) is 17.0 Å². The van der Waals surface area contributed by atoms with Crippen molar-refractivity contribution in [2.75, 3.05) is 46.0 Å². The van der Waals surface area contributed by atoms with Crippen molar-refractivity contribution in [2.24, 2.45) is 0 Å². The maximum Gasteiger partial charge on any atom is 0.295 e. The number of aliphatic hydroxyl groups excluding tert-OH is 1. The van der Waals surface area contributed by atoms with Crippen molar-refractivity contribution in [3.63, 3.8) is 0 Å². The summed E-state index contributed by atoms with van der Waals surface area (Å²) < 4.78 is 24.6. The number of Topliss-reactive ketones (excluding diaryl/α,β-unsaturated/α-hetero) is 1. The summed E-state index contributed by atoms with van der Waals surface area (Å²) in [5.74, 6) is -1.53. The van der Waals surface area contributed by atoms with E-state index in [1.54, 1.807) is 43.3 Å². The molecule has 2 aromatic rings. The fourth-order valence-corrected chi connectivity index (χ4v) is 4.47. The molecule has 184 valence electrons. The number of ketones is 1. The monoisotopic (exact) mass is 480 g/mol. The molecular weight excluding hydrogens is 451 g/mol. The number of halogens is 1. The Morgan fingerprint density at radius 2 is 1.89 bits per heavy atom. The topological polar surface area (TPSA) is 79.3 Å². The summed E-state index contributed by atoms with van der Waals surface area (Å²) in [4.78, 5) is 29.9. The first-order valence-electron chi connectivity index (χ1n) is 11.6. The summed E-state index contributed by atoms with van der Waals surface area (Å²) in [5.41, 5.74) is 1.65. The molecule has 0 radical (unpaired) electrons. The van der Waals surface area contributed by atoms with Crippen molar-refractivity contribution >= 4 is 17.4 Å². The lowest BCUT2D eigenvalue weighted by atomic mass is 9.94. The van der Waals surface area contributed by atoms with Gasteiger partial charge in [0.1, 0.15) is 23.9 Å². The van der Waals surface area contributed by atoms with Gasteiger partial charge in [-0.05, 0) is 48.4 Å². The highest BCUT2D eigenvalue weighted by molar-refractivity contribution is 6.46. The Morgan fingerprint density at radius 1 is 1.17 bits per heavy atom. The molecule has 0 aliphatic carbocycles. The molecule has 2 aliphatic heterocycles. The van der Waals surface area contributed by atoms with Gasteiger partial charge in [0.25, 0.3) is 11.7 Å². The minimum atomic E-state index is -0.826. The highest BCUT2D eigenvalue weighted by Crippen LogP contribution is 2.40. The first-order chi connectivity index (χ1) is 16.9. The number of aryl methyl sites for hydroxylation is 1. The molecule has 1 N–H and O–H groups in total. The second kappa shape index (κ2) is 10.8. The van der Waals surface area contributed by atoms with E-state index in [0.717, 1.165) is 13.1 Å². The van der Waals surface area contributed by atoms with Crippen LogP contribution in [-0.2, 0) is 14.3 Å². The standard InChI is InChI=1S/C27H29FN2O5/c1-3-14-35-21-8-9-22(18(2)17-21)25(31)23-24(19-4-6-20(28)7-5-19)30(27(33)26(23)32)11-10-29-12-15-34-16-13-29/h3-9,17,24,31H,1,10-16H2,2H3/t24-/m0/s1. The zero-order valence-corrected chi connectivity index (χ0v) is 19.7. The first-order valence-corrected chi connectivity index (χ1v) is 11.6. The van der Waals surface area contributed by atoms with E-state index in [9.17, 15) is 19.1 Å². The maximum atomic E-state index is 13.7. The van der Waals surface area contributed by atoms with Crippen LogP contribution < -0.4 is 4.74 Å². The lowest BCUT2D eigenvalue weighted by Gasteiger charge is -2.31. The van der Waals surface area contributed by atoms with E-state index in [-0.39, 0.29) is 17.9 Å². The SMILES string of the molecule is C=CCOc1ccc(C(O)=C2C(=O)C(=O)N(CCN3CCOCC3)[C@H]2c2ccc(F)cc2)c(C)c1. The van der Waals surface area contributed by atoms with Gasteiger partial charge >= 0.3 is 0 Å². The van der Waals surface area contributed by atoms with Crippen molar-refractivity contribution in [3.8, 4) is 5.75 Å². The highest BCUT2D eigenvalue weighted by atomic mass is 19.1. The number of nitrogens with zero attached hydrogens (tertiary/aromatic N) is 2. The molecule has 0 bridgehead atoms. The van der Waals surface area contributed by atoms with Crippen molar-refractivity contribution in [1.29, 1.82) is 0 Å². The van der Waals surface area contributed by atoms with Crippen LogP contribution in [0.2, 0.25) is 0 Å². The number of hydrogen-bond acceptors (Lipinski definition) is 6. The van der Waals surface area contributed by atoms with Crippen molar-refractivity contribution in [1.82, 2.24) is 9.80 Å². The summed E-state index contributed by atoms with van der Waals surface area (Å²) >= 11 is 0. The summed E-state index contributed by atoms with van der Waals surface area (Å²) in [7, 11) is 0. The van der Waals surface area contributed by atoms with Gasteiger partial charge in [-0.25, -0.2) is 4.39 Å². The number of amides is 1. The molecule has 1 amide bonds. The molecule has 8 heteroatoms. The molecule has 0 spiro atoms. The van der Waals surface area contributed by atoms with Gasteiger partial charge in [-0.3, -0.25) is 14.5 Å².